The second-order valence-corrected chi connectivity index (χ2v) is 5.97. The van der Waals surface area contributed by atoms with Crippen LogP contribution in [0.3, 0.4) is 0 Å². The van der Waals surface area contributed by atoms with Crippen LogP contribution in [0.4, 0.5) is 0 Å². The highest BCUT2D eigenvalue weighted by atomic mass is 79.9. The molecule has 0 amide bonds. The van der Waals surface area contributed by atoms with Crippen molar-refractivity contribution in [3.05, 3.63) is 44.8 Å². The lowest BCUT2D eigenvalue weighted by Crippen LogP contribution is -1.94. The third-order valence-electron chi connectivity index (χ3n) is 3.06. The Morgan fingerprint density at radius 2 is 2.10 bits per heavy atom. The summed E-state index contributed by atoms with van der Waals surface area (Å²) in [6, 6.07) is 9.03. The molecule has 0 saturated heterocycles. The molecule has 0 bridgehead atoms. The lowest BCUT2D eigenvalue weighted by molar-refractivity contribution is 0.551. The number of hydrogen-bond donors (Lipinski definition) is 1. The van der Waals surface area contributed by atoms with E-state index in [0.717, 1.165) is 10.9 Å². The third kappa shape index (κ3) is 2.08. The van der Waals surface area contributed by atoms with E-state index < -0.39 is 0 Å². The lowest BCUT2D eigenvalue weighted by atomic mass is 10.2. The largest absolute Gasteiger partial charge is 0.446 e. The predicted molar refractivity (Wildman–Crippen MR) is 86.1 cm³/mol. The van der Waals surface area contributed by atoms with Crippen LogP contribution in [0.2, 0.25) is 5.02 Å². The molecule has 3 heterocycles. The Kier molecular flexibility index (Phi) is 2.88. The van der Waals surface area contributed by atoms with E-state index >= 15 is 0 Å². The second-order valence-electron chi connectivity index (χ2n) is 4.39. The molecule has 0 aliphatic carbocycles. The van der Waals surface area contributed by atoms with E-state index in [4.69, 9.17) is 28.2 Å². The maximum Gasteiger partial charge on any atom is 0.221 e. The van der Waals surface area contributed by atoms with Crippen molar-refractivity contribution < 1.29 is 4.42 Å². The molecule has 4 aromatic rings. The summed E-state index contributed by atoms with van der Waals surface area (Å²) in [7, 11) is 0. The van der Waals surface area contributed by atoms with Gasteiger partial charge in [0, 0.05) is 10.4 Å². The van der Waals surface area contributed by atoms with Crippen LogP contribution in [0.1, 0.15) is 0 Å². The summed E-state index contributed by atoms with van der Waals surface area (Å²) in [5.74, 6) is 1.18. The summed E-state index contributed by atoms with van der Waals surface area (Å²) in [6.07, 6.45) is 0. The molecular formula is C13H6BrClN4OS. The van der Waals surface area contributed by atoms with E-state index in [0.29, 0.717) is 31.7 Å². The minimum atomic E-state index is 0.393. The molecule has 0 fully saturated rings. The fraction of sp³-hybridized carbons (Fsp3) is 0. The molecule has 4 rings (SSSR count). The van der Waals surface area contributed by atoms with Gasteiger partial charge in [0.2, 0.25) is 4.77 Å². The highest BCUT2D eigenvalue weighted by Gasteiger charge is 2.13. The third-order valence-corrected chi connectivity index (χ3v) is 4.00. The second kappa shape index (κ2) is 4.66. The van der Waals surface area contributed by atoms with Gasteiger partial charge in [-0.2, -0.15) is 0 Å². The Balaban J connectivity index is 2.10. The van der Waals surface area contributed by atoms with Crippen LogP contribution in [-0.4, -0.2) is 19.6 Å². The number of benzene rings is 1. The van der Waals surface area contributed by atoms with Crippen molar-refractivity contribution in [2.45, 2.75) is 0 Å². The molecular weight excluding hydrogens is 376 g/mol. The van der Waals surface area contributed by atoms with Gasteiger partial charge < -0.3 is 4.42 Å². The normalized spacial score (nSPS) is 11.5. The van der Waals surface area contributed by atoms with Crippen molar-refractivity contribution in [1.82, 2.24) is 19.6 Å². The van der Waals surface area contributed by atoms with Crippen LogP contribution >= 0.6 is 39.7 Å². The van der Waals surface area contributed by atoms with Gasteiger partial charge in [-0.3, -0.25) is 5.10 Å². The summed E-state index contributed by atoms with van der Waals surface area (Å²) in [5, 5.41) is 4.53. The van der Waals surface area contributed by atoms with Crippen molar-refractivity contribution in [3.8, 4) is 11.6 Å². The molecule has 0 unspecified atom stereocenters. The molecule has 0 aliphatic rings. The number of halogens is 2. The summed E-state index contributed by atoms with van der Waals surface area (Å²) in [4.78, 5) is 8.92. The fourth-order valence-electron chi connectivity index (χ4n) is 2.15. The highest BCUT2D eigenvalue weighted by molar-refractivity contribution is 9.10. The van der Waals surface area contributed by atoms with Gasteiger partial charge >= 0.3 is 0 Å². The molecule has 0 atom stereocenters. The van der Waals surface area contributed by atoms with Crippen LogP contribution in [0, 0.1) is 4.77 Å². The average Bonchev–Trinajstić information content (AvgIpc) is 3.06. The molecule has 0 radical (unpaired) electrons. The zero-order valence-electron chi connectivity index (χ0n) is 10.3. The van der Waals surface area contributed by atoms with Gasteiger partial charge in [0.1, 0.15) is 0 Å². The van der Waals surface area contributed by atoms with Crippen LogP contribution in [0.15, 0.2) is 39.4 Å². The van der Waals surface area contributed by atoms with E-state index in [1.165, 1.54) is 0 Å². The zero-order valence-corrected chi connectivity index (χ0v) is 13.5. The quantitative estimate of drug-likeness (QED) is 0.489. The van der Waals surface area contributed by atoms with Crippen LogP contribution in [0.25, 0.3) is 28.1 Å². The molecule has 0 spiro atoms. The van der Waals surface area contributed by atoms with Crippen LogP contribution in [-0.2, 0) is 0 Å². The fourth-order valence-corrected chi connectivity index (χ4v) is 2.86. The van der Waals surface area contributed by atoms with Crippen LogP contribution in [0.5, 0.6) is 0 Å². The first kappa shape index (κ1) is 13.0. The highest BCUT2D eigenvalue weighted by Crippen LogP contribution is 2.26. The van der Waals surface area contributed by atoms with Gasteiger partial charge in [0.15, 0.2) is 21.9 Å². The number of rotatable bonds is 1. The standard InChI is InChI=1S/C13H6BrClN4OS/c14-10-4-3-9(20-10)11-17-12-7-5-6(15)1-2-8(7)16-13(21)19(12)18-11/h1-5H,(H,17,18). The minimum absolute atomic E-state index is 0.393. The topological polar surface area (TPSA) is 59.1 Å². The number of aromatic nitrogens is 4. The number of nitrogens with one attached hydrogen (secondary N) is 1. The molecule has 21 heavy (non-hydrogen) atoms. The first-order valence-electron chi connectivity index (χ1n) is 5.95. The Morgan fingerprint density at radius 3 is 2.86 bits per heavy atom. The Hall–Kier alpha value is -1.70. The summed E-state index contributed by atoms with van der Waals surface area (Å²) >= 11 is 14.6. The Labute approximate surface area is 136 Å². The van der Waals surface area contributed by atoms with Gasteiger partial charge in [0.05, 0.1) is 5.52 Å². The van der Waals surface area contributed by atoms with E-state index in [-0.39, 0.29) is 0 Å². The molecule has 3 aromatic heterocycles. The number of H-pyrrole nitrogens is 1. The number of fused-ring (bicyclic) bond motifs is 3. The summed E-state index contributed by atoms with van der Waals surface area (Å²) in [5.41, 5.74) is 1.41. The molecule has 0 aliphatic heterocycles. The predicted octanol–water partition coefficient (Wildman–Crippen LogP) is 4.62. The molecule has 104 valence electrons. The SMILES string of the molecule is S=c1nc2ccc(Cl)cc2c2nc(-c3ccc(Br)o3)[nH]n12. The molecule has 1 aromatic carbocycles. The van der Waals surface area contributed by atoms with Crippen molar-refractivity contribution in [3.63, 3.8) is 0 Å². The van der Waals surface area contributed by atoms with Crippen molar-refractivity contribution in [2.24, 2.45) is 0 Å². The number of aromatic amines is 1. The van der Waals surface area contributed by atoms with E-state index in [1.807, 2.05) is 18.2 Å². The Bertz CT molecular complexity index is 1050. The first-order chi connectivity index (χ1) is 10.1. The number of nitrogens with zero attached hydrogens (tertiary/aromatic N) is 3. The summed E-state index contributed by atoms with van der Waals surface area (Å²) < 4.78 is 8.17. The van der Waals surface area contributed by atoms with Gasteiger partial charge in [-0.1, -0.05) is 11.6 Å². The average molecular weight is 382 g/mol. The van der Waals surface area contributed by atoms with Gasteiger partial charge in [0.25, 0.3) is 0 Å². The molecule has 0 saturated carbocycles. The first-order valence-corrected chi connectivity index (χ1v) is 7.53. The van der Waals surface area contributed by atoms with Gasteiger partial charge in [-0.05, 0) is 58.5 Å². The molecule has 8 heteroatoms. The molecule has 1 N–H and O–H groups in total. The smallest absolute Gasteiger partial charge is 0.221 e. The minimum Gasteiger partial charge on any atom is -0.446 e. The zero-order chi connectivity index (χ0) is 14.6. The maximum absolute atomic E-state index is 6.06. The Morgan fingerprint density at radius 1 is 1.24 bits per heavy atom. The van der Waals surface area contributed by atoms with Crippen molar-refractivity contribution in [1.29, 1.82) is 0 Å². The van der Waals surface area contributed by atoms with Gasteiger partial charge in [-0.25, -0.2) is 14.5 Å². The number of furan rings is 1. The molecule has 5 nitrogen and oxygen atoms in total. The van der Waals surface area contributed by atoms with E-state index in [1.54, 1.807) is 16.6 Å². The van der Waals surface area contributed by atoms with Gasteiger partial charge in [-0.15, -0.1) is 0 Å². The monoisotopic (exact) mass is 380 g/mol. The number of hydrogen-bond acceptors (Lipinski definition) is 4. The summed E-state index contributed by atoms with van der Waals surface area (Å²) in [6.45, 7) is 0. The maximum atomic E-state index is 6.06. The van der Waals surface area contributed by atoms with E-state index in [9.17, 15) is 0 Å². The van der Waals surface area contributed by atoms with E-state index in [2.05, 4.69) is 31.0 Å². The lowest BCUT2D eigenvalue weighted by Gasteiger charge is -1.99. The van der Waals surface area contributed by atoms with Crippen molar-refractivity contribution >= 4 is 56.3 Å². The van der Waals surface area contributed by atoms with Crippen molar-refractivity contribution in [2.75, 3.05) is 0 Å². The van der Waals surface area contributed by atoms with Crippen LogP contribution < -0.4 is 0 Å².